The van der Waals surface area contributed by atoms with Crippen molar-refractivity contribution in [2.45, 2.75) is 26.3 Å². The van der Waals surface area contributed by atoms with E-state index < -0.39 is 5.97 Å². The Morgan fingerprint density at radius 1 is 1.27 bits per heavy atom. The summed E-state index contributed by atoms with van der Waals surface area (Å²) >= 11 is 7.68. The van der Waals surface area contributed by atoms with Crippen LogP contribution in [0.5, 0.6) is 0 Å². The van der Waals surface area contributed by atoms with Gasteiger partial charge in [-0.1, -0.05) is 17.7 Å². The second-order valence-corrected chi connectivity index (χ2v) is 8.26. The van der Waals surface area contributed by atoms with Crippen molar-refractivity contribution >= 4 is 40.5 Å². The number of hydrogen-bond acceptors (Lipinski definition) is 4. The Labute approximate surface area is 161 Å². The lowest BCUT2D eigenvalue weighted by molar-refractivity contribution is -0.143. The molecule has 7 heteroatoms. The van der Waals surface area contributed by atoms with Crippen LogP contribution in [0.25, 0.3) is 0 Å². The fourth-order valence-corrected chi connectivity index (χ4v) is 4.03. The van der Waals surface area contributed by atoms with Gasteiger partial charge in [0, 0.05) is 11.4 Å². The first kappa shape index (κ1) is 18.9. The van der Waals surface area contributed by atoms with Crippen molar-refractivity contribution in [3.05, 3.63) is 50.7 Å². The molecule has 2 N–H and O–H groups in total. The smallest absolute Gasteiger partial charge is 0.306 e. The van der Waals surface area contributed by atoms with Gasteiger partial charge in [0.1, 0.15) is 0 Å². The minimum atomic E-state index is -0.704. The molecule has 0 spiro atoms. The molecule has 2 aromatic rings. The van der Waals surface area contributed by atoms with Crippen molar-refractivity contribution in [3.63, 3.8) is 0 Å². The van der Waals surface area contributed by atoms with Gasteiger partial charge in [0.2, 0.25) is 0 Å². The Hall–Kier alpha value is -1.89. The number of halogens is 1. The Morgan fingerprint density at radius 3 is 2.62 bits per heavy atom. The monoisotopic (exact) mass is 392 g/mol. The Morgan fingerprint density at radius 2 is 2.00 bits per heavy atom. The summed E-state index contributed by atoms with van der Waals surface area (Å²) in [4.78, 5) is 27.4. The summed E-state index contributed by atoms with van der Waals surface area (Å²) in [5, 5.41) is 12.5. The lowest BCUT2D eigenvalue weighted by Crippen LogP contribution is -2.35. The number of aliphatic carboxylic acids is 1. The fraction of sp³-hybridized carbons (Fsp3) is 0.368. The molecule has 0 bridgehead atoms. The summed E-state index contributed by atoms with van der Waals surface area (Å²) in [5.74, 6) is -1.10. The van der Waals surface area contributed by atoms with Crippen molar-refractivity contribution in [3.8, 4) is 0 Å². The third-order valence-electron chi connectivity index (χ3n) is 4.59. The molecule has 1 aliphatic rings. The van der Waals surface area contributed by atoms with Gasteiger partial charge >= 0.3 is 5.97 Å². The number of nitrogens with one attached hydrogen (secondary N) is 1. The highest BCUT2D eigenvalue weighted by Crippen LogP contribution is 2.26. The summed E-state index contributed by atoms with van der Waals surface area (Å²) < 4.78 is 0. The van der Waals surface area contributed by atoms with Gasteiger partial charge in [-0.3, -0.25) is 14.5 Å². The van der Waals surface area contributed by atoms with Crippen LogP contribution in [0.1, 0.15) is 33.0 Å². The molecule has 138 valence electrons. The maximum absolute atomic E-state index is 12.4. The van der Waals surface area contributed by atoms with Crippen LogP contribution < -0.4 is 5.32 Å². The van der Waals surface area contributed by atoms with Crippen LogP contribution >= 0.6 is 22.9 Å². The number of nitrogens with zero attached hydrogens (tertiary/aromatic N) is 1. The topological polar surface area (TPSA) is 69.6 Å². The SMILES string of the molecule is Cc1ccc(C(=O)Nc2cc(CN3CCC(C(=O)O)CC3)ccc2Cl)s1. The van der Waals surface area contributed by atoms with E-state index in [9.17, 15) is 9.59 Å². The van der Waals surface area contributed by atoms with Gasteiger partial charge in [-0.25, -0.2) is 0 Å². The van der Waals surface area contributed by atoms with Gasteiger partial charge < -0.3 is 10.4 Å². The summed E-state index contributed by atoms with van der Waals surface area (Å²) in [7, 11) is 0. The number of aryl methyl sites for hydroxylation is 1. The molecule has 26 heavy (non-hydrogen) atoms. The zero-order chi connectivity index (χ0) is 18.7. The van der Waals surface area contributed by atoms with Crippen molar-refractivity contribution in [2.75, 3.05) is 18.4 Å². The summed E-state index contributed by atoms with van der Waals surface area (Å²) in [6.07, 6.45) is 1.34. The van der Waals surface area contributed by atoms with Crippen LogP contribution in [0.3, 0.4) is 0 Å². The minimum absolute atomic E-state index is 0.163. The number of carboxylic acids is 1. The van der Waals surface area contributed by atoms with Crippen LogP contribution in [0, 0.1) is 12.8 Å². The molecule has 1 saturated heterocycles. The molecule has 1 fully saturated rings. The lowest BCUT2D eigenvalue weighted by Gasteiger charge is -2.30. The first-order chi connectivity index (χ1) is 12.4. The summed E-state index contributed by atoms with van der Waals surface area (Å²) in [6.45, 7) is 4.19. The molecule has 0 saturated carbocycles. The molecule has 1 aromatic heterocycles. The van der Waals surface area contributed by atoms with Gasteiger partial charge in [0.25, 0.3) is 5.91 Å². The molecule has 1 aromatic carbocycles. The maximum atomic E-state index is 12.4. The third kappa shape index (κ3) is 4.63. The van der Waals surface area contributed by atoms with Gasteiger partial charge in [-0.15, -0.1) is 11.3 Å². The van der Waals surface area contributed by atoms with Gasteiger partial charge in [0.05, 0.1) is 21.5 Å². The number of rotatable bonds is 5. The highest BCUT2D eigenvalue weighted by atomic mass is 35.5. The van der Waals surface area contributed by atoms with E-state index >= 15 is 0 Å². The number of piperidine rings is 1. The first-order valence-electron chi connectivity index (χ1n) is 8.54. The van der Waals surface area contributed by atoms with E-state index in [1.54, 1.807) is 12.1 Å². The number of carboxylic acid groups (broad SMARTS) is 1. The molecule has 1 amide bonds. The zero-order valence-electron chi connectivity index (χ0n) is 14.5. The standard InChI is InChI=1S/C19H21ClN2O3S/c1-12-2-5-17(26-12)18(23)21-16-10-13(3-4-15(16)20)11-22-8-6-14(7-9-22)19(24)25/h2-5,10,14H,6-9,11H2,1H3,(H,21,23)(H,24,25). The van der Waals surface area contributed by atoms with E-state index in [-0.39, 0.29) is 11.8 Å². The number of thiophene rings is 1. The van der Waals surface area contributed by atoms with Crippen molar-refractivity contribution in [1.82, 2.24) is 4.90 Å². The Balaban J connectivity index is 1.64. The number of amides is 1. The lowest BCUT2D eigenvalue weighted by atomic mass is 9.97. The average molecular weight is 393 g/mol. The number of likely N-dealkylation sites (tertiary alicyclic amines) is 1. The molecule has 3 rings (SSSR count). The molecule has 0 atom stereocenters. The third-order valence-corrected chi connectivity index (χ3v) is 5.92. The van der Waals surface area contributed by atoms with Crippen LogP contribution in [-0.4, -0.2) is 35.0 Å². The number of hydrogen-bond donors (Lipinski definition) is 2. The minimum Gasteiger partial charge on any atom is -0.481 e. The molecule has 5 nitrogen and oxygen atoms in total. The Bertz CT molecular complexity index is 813. The average Bonchev–Trinajstić information content (AvgIpc) is 3.05. The fourth-order valence-electron chi connectivity index (χ4n) is 3.10. The molecule has 0 unspecified atom stereocenters. The molecular formula is C19H21ClN2O3S. The van der Waals surface area contributed by atoms with E-state index in [0.29, 0.717) is 35.0 Å². The largest absolute Gasteiger partial charge is 0.481 e. The predicted octanol–water partition coefficient (Wildman–Crippen LogP) is 4.26. The van der Waals surface area contributed by atoms with Crippen LogP contribution in [-0.2, 0) is 11.3 Å². The van der Waals surface area contributed by atoms with E-state index in [1.165, 1.54) is 11.3 Å². The molecule has 0 aliphatic carbocycles. The highest BCUT2D eigenvalue weighted by Gasteiger charge is 2.24. The van der Waals surface area contributed by atoms with Crippen molar-refractivity contribution in [2.24, 2.45) is 5.92 Å². The van der Waals surface area contributed by atoms with Gasteiger partial charge in [0.15, 0.2) is 0 Å². The van der Waals surface area contributed by atoms with E-state index in [1.807, 2.05) is 25.1 Å². The molecule has 1 aliphatic heterocycles. The van der Waals surface area contributed by atoms with Gasteiger partial charge in [-0.2, -0.15) is 0 Å². The second-order valence-electron chi connectivity index (χ2n) is 6.57. The maximum Gasteiger partial charge on any atom is 0.306 e. The van der Waals surface area contributed by atoms with Crippen molar-refractivity contribution in [1.29, 1.82) is 0 Å². The normalized spacial score (nSPS) is 15.8. The molecule has 0 radical (unpaired) electrons. The molecular weight excluding hydrogens is 372 g/mol. The van der Waals surface area contributed by atoms with Crippen molar-refractivity contribution < 1.29 is 14.7 Å². The van der Waals surface area contributed by atoms with Crippen LogP contribution in [0.15, 0.2) is 30.3 Å². The second kappa shape index (κ2) is 8.20. The number of benzene rings is 1. The number of carbonyl (C=O) groups is 2. The number of anilines is 1. The summed E-state index contributed by atoms with van der Waals surface area (Å²) in [6, 6.07) is 9.34. The predicted molar refractivity (Wildman–Crippen MR) is 104 cm³/mol. The zero-order valence-corrected chi connectivity index (χ0v) is 16.1. The van der Waals surface area contributed by atoms with E-state index in [0.717, 1.165) is 23.5 Å². The molecule has 2 heterocycles. The quantitative estimate of drug-likeness (QED) is 0.797. The first-order valence-corrected chi connectivity index (χ1v) is 9.73. The van der Waals surface area contributed by atoms with Gasteiger partial charge in [-0.05, 0) is 62.7 Å². The number of carbonyl (C=O) groups excluding carboxylic acids is 1. The highest BCUT2D eigenvalue weighted by molar-refractivity contribution is 7.14. The van der Waals surface area contributed by atoms with E-state index in [4.69, 9.17) is 16.7 Å². The van der Waals surface area contributed by atoms with E-state index in [2.05, 4.69) is 10.2 Å². The van der Waals surface area contributed by atoms with Crippen LogP contribution in [0.4, 0.5) is 5.69 Å². The van der Waals surface area contributed by atoms with Crippen LogP contribution in [0.2, 0.25) is 5.02 Å². The Kier molecular flexibility index (Phi) is 5.96. The summed E-state index contributed by atoms with van der Waals surface area (Å²) in [5.41, 5.74) is 1.64.